The fraction of sp³-hybridized carbons (Fsp3) is 0.333. The maximum atomic E-state index is 13.2. The molecule has 0 aliphatic heterocycles. The highest BCUT2D eigenvalue weighted by Gasteiger charge is 2.27. The van der Waals surface area contributed by atoms with Crippen molar-refractivity contribution >= 4 is 23.4 Å². The lowest BCUT2D eigenvalue weighted by molar-refractivity contribution is -0.124. The van der Waals surface area contributed by atoms with Gasteiger partial charge in [0.05, 0.1) is 24.7 Å². The molecular formula is C27H33N5O4. The number of anilines is 1. The van der Waals surface area contributed by atoms with Crippen molar-refractivity contribution in [3.05, 3.63) is 78.4 Å². The summed E-state index contributed by atoms with van der Waals surface area (Å²) in [7, 11) is 1.55. The van der Waals surface area contributed by atoms with Gasteiger partial charge in [0.15, 0.2) is 0 Å². The largest absolute Gasteiger partial charge is 0.497 e. The van der Waals surface area contributed by atoms with Crippen molar-refractivity contribution < 1.29 is 19.1 Å². The zero-order valence-corrected chi connectivity index (χ0v) is 20.9. The second-order valence-corrected chi connectivity index (χ2v) is 8.51. The van der Waals surface area contributed by atoms with Crippen LogP contribution in [-0.2, 0) is 11.3 Å². The lowest BCUT2D eigenvalue weighted by Gasteiger charge is -2.24. The number of carbonyl (C=O) groups excluding carboxylic acids is 3. The van der Waals surface area contributed by atoms with Crippen LogP contribution in [0.15, 0.2) is 67.3 Å². The molecule has 3 rings (SSSR count). The van der Waals surface area contributed by atoms with Gasteiger partial charge in [-0.3, -0.25) is 14.4 Å². The van der Waals surface area contributed by atoms with Gasteiger partial charge < -0.3 is 25.3 Å². The monoisotopic (exact) mass is 491 g/mol. The average Bonchev–Trinajstić information content (AvgIpc) is 3.43. The first kappa shape index (κ1) is 26.5. The molecule has 0 spiro atoms. The van der Waals surface area contributed by atoms with Gasteiger partial charge in [-0.2, -0.15) is 0 Å². The Labute approximate surface area is 211 Å². The number of ether oxygens (including phenoxy) is 1. The van der Waals surface area contributed by atoms with Crippen molar-refractivity contribution in [2.24, 2.45) is 5.92 Å². The molecule has 36 heavy (non-hydrogen) atoms. The number of methoxy groups -OCH3 is 1. The minimum atomic E-state index is -0.707. The van der Waals surface area contributed by atoms with Crippen molar-refractivity contribution in [2.45, 2.75) is 39.3 Å². The molecule has 0 fully saturated rings. The van der Waals surface area contributed by atoms with Crippen molar-refractivity contribution in [3.8, 4) is 5.75 Å². The van der Waals surface area contributed by atoms with Crippen LogP contribution in [0.5, 0.6) is 5.75 Å². The fourth-order valence-corrected chi connectivity index (χ4v) is 3.65. The van der Waals surface area contributed by atoms with Gasteiger partial charge in [0, 0.05) is 31.0 Å². The number of aromatic nitrogens is 2. The van der Waals surface area contributed by atoms with Gasteiger partial charge in [-0.1, -0.05) is 32.4 Å². The topological polar surface area (TPSA) is 114 Å². The van der Waals surface area contributed by atoms with E-state index in [2.05, 4.69) is 20.9 Å². The summed E-state index contributed by atoms with van der Waals surface area (Å²) in [6, 6.07) is 12.7. The van der Waals surface area contributed by atoms with E-state index in [1.807, 2.05) is 24.6 Å². The first-order chi connectivity index (χ1) is 17.4. The molecule has 2 atom stereocenters. The number of nitrogens with one attached hydrogen (secondary N) is 3. The highest BCUT2D eigenvalue weighted by molar-refractivity contribution is 6.09. The van der Waals surface area contributed by atoms with E-state index in [1.54, 1.807) is 68.2 Å². The highest BCUT2D eigenvalue weighted by Crippen LogP contribution is 2.19. The van der Waals surface area contributed by atoms with Crippen LogP contribution >= 0.6 is 0 Å². The second-order valence-electron chi connectivity index (χ2n) is 8.51. The van der Waals surface area contributed by atoms with Crippen LogP contribution in [0.4, 0.5) is 5.69 Å². The molecule has 0 aliphatic carbocycles. The lowest BCUT2D eigenvalue weighted by atomic mass is 9.97. The summed E-state index contributed by atoms with van der Waals surface area (Å²) in [5.74, 6) is -0.458. The maximum absolute atomic E-state index is 13.2. The number of para-hydroxylation sites is 1. The van der Waals surface area contributed by atoms with Crippen molar-refractivity contribution in [1.29, 1.82) is 0 Å². The van der Waals surface area contributed by atoms with Crippen molar-refractivity contribution in [2.75, 3.05) is 19.0 Å². The van der Waals surface area contributed by atoms with E-state index in [0.717, 1.165) is 13.0 Å². The first-order valence-electron chi connectivity index (χ1n) is 12.0. The van der Waals surface area contributed by atoms with E-state index in [9.17, 15) is 14.4 Å². The van der Waals surface area contributed by atoms with Crippen LogP contribution in [0.1, 0.15) is 47.4 Å². The second kappa shape index (κ2) is 13.1. The molecular weight excluding hydrogens is 458 g/mol. The van der Waals surface area contributed by atoms with E-state index in [4.69, 9.17) is 4.74 Å². The smallest absolute Gasteiger partial charge is 0.255 e. The summed E-state index contributed by atoms with van der Waals surface area (Å²) in [6.07, 6.45) is 6.76. The van der Waals surface area contributed by atoms with Crippen molar-refractivity contribution in [3.63, 3.8) is 0 Å². The van der Waals surface area contributed by atoms with Crippen LogP contribution in [0.25, 0.3) is 0 Å². The normalized spacial score (nSPS) is 12.3. The maximum Gasteiger partial charge on any atom is 0.255 e. The quantitative estimate of drug-likeness (QED) is 0.336. The average molecular weight is 492 g/mol. The van der Waals surface area contributed by atoms with Crippen LogP contribution in [-0.4, -0.2) is 47.0 Å². The molecule has 3 aromatic rings. The number of rotatable bonds is 12. The fourth-order valence-electron chi connectivity index (χ4n) is 3.65. The van der Waals surface area contributed by atoms with Gasteiger partial charge in [0.25, 0.3) is 11.8 Å². The molecule has 0 radical (unpaired) electrons. The van der Waals surface area contributed by atoms with E-state index < -0.39 is 11.9 Å². The summed E-state index contributed by atoms with van der Waals surface area (Å²) in [6.45, 7) is 5.11. The van der Waals surface area contributed by atoms with E-state index >= 15 is 0 Å². The zero-order chi connectivity index (χ0) is 25.9. The van der Waals surface area contributed by atoms with Gasteiger partial charge in [-0.25, -0.2) is 4.98 Å². The molecule has 3 N–H and O–H groups in total. The number of nitrogens with zero attached hydrogens (tertiary/aromatic N) is 2. The summed E-state index contributed by atoms with van der Waals surface area (Å²) in [4.78, 5) is 42.9. The zero-order valence-electron chi connectivity index (χ0n) is 20.9. The molecule has 0 saturated heterocycles. The third kappa shape index (κ3) is 7.18. The summed E-state index contributed by atoms with van der Waals surface area (Å²) in [5, 5.41) is 8.60. The number of aryl methyl sites for hydroxylation is 1. The Morgan fingerprint density at radius 2 is 1.81 bits per heavy atom. The molecule has 0 saturated carbocycles. The van der Waals surface area contributed by atoms with E-state index in [-0.39, 0.29) is 23.3 Å². The van der Waals surface area contributed by atoms with Gasteiger partial charge in [0.2, 0.25) is 5.91 Å². The molecule has 9 nitrogen and oxygen atoms in total. The Morgan fingerprint density at radius 1 is 1.06 bits per heavy atom. The first-order valence-corrected chi connectivity index (χ1v) is 12.0. The van der Waals surface area contributed by atoms with Crippen LogP contribution in [0.2, 0.25) is 0 Å². The Morgan fingerprint density at radius 3 is 2.47 bits per heavy atom. The Balaban J connectivity index is 1.65. The molecule has 0 aliphatic rings. The molecule has 9 heteroatoms. The van der Waals surface area contributed by atoms with Gasteiger partial charge in [-0.05, 0) is 48.7 Å². The minimum absolute atomic E-state index is 0.0800. The molecule has 1 aromatic heterocycles. The molecule has 0 bridgehead atoms. The predicted molar refractivity (Wildman–Crippen MR) is 138 cm³/mol. The van der Waals surface area contributed by atoms with Crippen LogP contribution in [0.3, 0.4) is 0 Å². The number of carbonyl (C=O) groups is 3. The van der Waals surface area contributed by atoms with E-state index in [1.165, 1.54) is 0 Å². The van der Waals surface area contributed by atoms with Gasteiger partial charge in [0.1, 0.15) is 11.8 Å². The molecule has 1 heterocycles. The predicted octanol–water partition coefficient (Wildman–Crippen LogP) is 3.50. The lowest BCUT2D eigenvalue weighted by Crippen LogP contribution is -2.50. The molecule has 190 valence electrons. The number of hydrogen-bond donors (Lipinski definition) is 3. The van der Waals surface area contributed by atoms with Gasteiger partial charge >= 0.3 is 0 Å². The number of amides is 3. The Bertz CT molecular complexity index is 1150. The Hall–Kier alpha value is -4.14. The molecule has 0 unspecified atom stereocenters. The van der Waals surface area contributed by atoms with Gasteiger partial charge in [-0.15, -0.1) is 0 Å². The van der Waals surface area contributed by atoms with Crippen LogP contribution in [0, 0.1) is 5.92 Å². The van der Waals surface area contributed by atoms with E-state index in [0.29, 0.717) is 30.0 Å². The summed E-state index contributed by atoms with van der Waals surface area (Å²) < 4.78 is 7.07. The molecule has 3 amide bonds. The van der Waals surface area contributed by atoms with Crippen molar-refractivity contribution in [1.82, 2.24) is 20.2 Å². The Kier molecular flexibility index (Phi) is 9.62. The summed E-state index contributed by atoms with van der Waals surface area (Å²) >= 11 is 0. The minimum Gasteiger partial charge on any atom is -0.497 e. The number of hydrogen-bond acceptors (Lipinski definition) is 5. The third-order valence-corrected chi connectivity index (χ3v) is 6.01. The SMILES string of the molecule is CC[C@@H](C)[C@H](NC(=O)c1ccccc1NC(=O)c1ccc(OC)cc1)C(=O)NCCCn1ccnc1. The molecule has 2 aromatic carbocycles. The number of imidazole rings is 1. The standard InChI is InChI=1S/C27H33N5O4/c1-4-19(2)24(27(35)29-14-7-16-32-17-15-28-18-32)31-26(34)22-8-5-6-9-23(22)30-25(33)20-10-12-21(36-3)13-11-20/h5-6,8-13,15,17-19,24H,4,7,14,16H2,1-3H3,(H,29,35)(H,30,33)(H,31,34)/t19-,24+/m1/s1. The highest BCUT2D eigenvalue weighted by atomic mass is 16.5. The number of benzene rings is 2. The third-order valence-electron chi connectivity index (χ3n) is 6.01. The van der Waals surface area contributed by atoms with Crippen LogP contribution < -0.4 is 20.7 Å². The summed E-state index contributed by atoms with van der Waals surface area (Å²) in [5.41, 5.74) is 1.07.